The van der Waals surface area contributed by atoms with Crippen molar-refractivity contribution in [3.05, 3.63) is 59.7 Å². The average molecular weight is 370 g/mol. The standard InChI is InChI=1S/C19H18N2O6/c1-26-18(24)12-6-5-7-13(10-12)20-16(22)11-17(23)21-15-9-4-3-8-14(15)19(25)27-2/h3-10H,11H2,1-2H3,(H,20,22)(H,21,23). The fourth-order valence-electron chi connectivity index (χ4n) is 2.27. The number of amides is 2. The lowest BCUT2D eigenvalue weighted by molar-refractivity contribution is -0.123. The summed E-state index contributed by atoms with van der Waals surface area (Å²) in [5, 5.41) is 5.03. The normalized spacial score (nSPS) is 9.85. The summed E-state index contributed by atoms with van der Waals surface area (Å²) in [6.07, 6.45) is -0.474. The van der Waals surface area contributed by atoms with E-state index in [1.165, 1.54) is 38.5 Å². The van der Waals surface area contributed by atoms with E-state index < -0.39 is 30.2 Å². The third-order valence-electron chi connectivity index (χ3n) is 3.50. The highest BCUT2D eigenvalue weighted by Gasteiger charge is 2.16. The van der Waals surface area contributed by atoms with Crippen LogP contribution in [0.2, 0.25) is 0 Å². The fraction of sp³-hybridized carbons (Fsp3) is 0.158. The van der Waals surface area contributed by atoms with Crippen molar-refractivity contribution >= 4 is 35.1 Å². The second-order valence-electron chi connectivity index (χ2n) is 5.38. The van der Waals surface area contributed by atoms with Crippen molar-refractivity contribution in [2.24, 2.45) is 0 Å². The molecule has 2 N–H and O–H groups in total. The van der Waals surface area contributed by atoms with Gasteiger partial charge in [-0.2, -0.15) is 0 Å². The summed E-state index contributed by atoms with van der Waals surface area (Å²) in [5.41, 5.74) is 1.05. The molecule has 0 saturated carbocycles. The lowest BCUT2D eigenvalue weighted by Crippen LogP contribution is -2.22. The third kappa shape index (κ3) is 5.40. The predicted octanol–water partition coefficient (Wildman–Crippen LogP) is 2.23. The molecule has 0 aliphatic rings. The zero-order valence-corrected chi connectivity index (χ0v) is 14.8. The SMILES string of the molecule is COC(=O)c1cccc(NC(=O)CC(=O)Nc2ccccc2C(=O)OC)c1. The molecule has 2 aromatic carbocycles. The highest BCUT2D eigenvalue weighted by molar-refractivity contribution is 6.10. The molecule has 0 spiro atoms. The number of ether oxygens (including phenoxy) is 2. The monoisotopic (exact) mass is 370 g/mol. The summed E-state index contributed by atoms with van der Waals surface area (Å²) < 4.78 is 9.26. The molecule has 8 heteroatoms. The number of benzene rings is 2. The summed E-state index contributed by atoms with van der Waals surface area (Å²) in [5.74, 6) is -2.32. The molecule has 0 heterocycles. The molecule has 0 unspecified atom stereocenters. The van der Waals surface area contributed by atoms with E-state index in [1.54, 1.807) is 24.3 Å². The van der Waals surface area contributed by atoms with Crippen molar-refractivity contribution in [2.45, 2.75) is 6.42 Å². The van der Waals surface area contributed by atoms with Crippen molar-refractivity contribution in [3.63, 3.8) is 0 Å². The molecule has 2 aromatic rings. The Morgan fingerprint density at radius 2 is 1.48 bits per heavy atom. The number of esters is 2. The minimum Gasteiger partial charge on any atom is -0.465 e. The second kappa shape index (κ2) is 9.14. The van der Waals surface area contributed by atoms with Gasteiger partial charge in [0.1, 0.15) is 6.42 Å². The van der Waals surface area contributed by atoms with Crippen LogP contribution in [0.25, 0.3) is 0 Å². The Kier molecular flexibility index (Phi) is 6.65. The van der Waals surface area contributed by atoms with Gasteiger partial charge in [0.05, 0.1) is 31.0 Å². The molecule has 0 aliphatic heterocycles. The molecule has 8 nitrogen and oxygen atoms in total. The quantitative estimate of drug-likeness (QED) is 0.596. The van der Waals surface area contributed by atoms with E-state index in [1.807, 2.05) is 0 Å². The molecule has 0 fully saturated rings. The van der Waals surface area contributed by atoms with E-state index in [0.717, 1.165) is 0 Å². The second-order valence-corrected chi connectivity index (χ2v) is 5.38. The highest BCUT2D eigenvalue weighted by Crippen LogP contribution is 2.17. The number of carbonyl (C=O) groups is 4. The summed E-state index contributed by atoms with van der Waals surface area (Å²) >= 11 is 0. The summed E-state index contributed by atoms with van der Waals surface area (Å²) in [7, 11) is 2.49. The van der Waals surface area contributed by atoms with Crippen LogP contribution in [0.1, 0.15) is 27.1 Å². The van der Waals surface area contributed by atoms with Crippen LogP contribution in [0, 0.1) is 0 Å². The lowest BCUT2D eigenvalue weighted by Gasteiger charge is -2.10. The van der Waals surface area contributed by atoms with Gasteiger partial charge in [-0.1, -0.05) is 18.2 Å². The van der Waals surface area contributed by atoms with E-state index in [9.17, 15) is 19.2 Å². The van der Waals surface area contributed by atoms with Gasteiger partial charge < -0.3 is 20.1 Å². The Hall–Kier alpha value is -3.68. The number of hydrogen-bond acceptors (Lipinski definition) is 6. The van der Waals surface area contributed by atoms with Gasteiger partial charge in [-0.25, -0.2) is 9.59 Å². The first-order valence-corrected chi connectivity index (χ1v) is 7.90. The first-order valence-electron chi connectivity index (χ1n) is 7.90. The Morgan fingerprint density at radius 3 is 2.19 bits per heavy atom. The van der Waals surface area contributed by atoms with E-state index in [-0.39, 0.29) is 16.8 Å². The molecule has 0 aliphatic carbocycles. The van der Waals surface area contributed by atoms with Gasteiger partial charge in [-0.15, -0.1) is 0 Å². The average Bonchev–Trinajstić information content (AvgIpc) is 2.67. The Bertz CT molecular complexity index is 878. The topological polar surface area (TPSA) is 111 Å². The zero-order valence-electron chi connectivity index (χ0n) is 14.8. The van der Waals surface area contributed by atoms with Crippen molar-refractivity contribution in [1.82, 2.24) is 0 Å². The van der Waals surface area contributed by atoms with E-state index in [4.69, 9.17) is 0 Å². The van der Waals surface area contributed by atoms with Crippen LogP contribution in [-0.2, 0) is 19.1 Å². The van der Waals surface area contributed by atoms with Crippen LogP contribution in [0.3, 0.4) is 0 Å². The van der Waals surface area contributed by atoms with E-state index >= 15 is 0 Å². The molecular weight excluding hydrogens is 352 g/mol. The number of anilines is 2. The maximum atomic E-state index is 12.1. The van der Waals surface area contributed by atoms with E-state index in [0.29, 0.717) is 5.69 Å². The lowest BCUT2D eigenvalue weighted by atomic mass is 10.1. The van der Waals surface area contributed by atoms with Gasteiger partial charge in [-0.3, -0.25) is 9.59 Å². The summed E-state index contributed by atoms with van der Waals surface area (Å²) in [4.78, 5) is 47.4. The molecule has 0 saturated heterocycles. The first-order chi connectivity index (χ1) is 12.9. The van der Waals surface area contributed by atoms with Gasteiger partial charge in [0.25, 0.3) is 0 Å². The molecule has 0 radical (unpaired) electrons. The molecule has 27 heavy (non-hydrogen) atoms. The molecule has 140 valence electrons. The van der Waals surface area contributed by atoms with Crippen LogP contribution in [-0.4, -0.2) is 38.0 Å². The number of rotatable bonds is 6. The van der Waals surface area contributed by atoms with Crippen LogP contribution < -0.4 is 10.6 Å². The van der Waals surface area contributed by atoms with Crippen molar-refractivity contribution in [2.75, 3.05) is 24.9 Å². The van der Waals surface area contributed by atoms with E-state index in [2.05, 4.69) is 20.1 Å². The highest BCUT2D eigenvalue weighted by atomic mass is 16.5. The van der Waals surface area contributed by atoms with Crippen LogP contribution in [0.5, 0.6) is 0 Å². The Balaban J connectivity index is 2.00. The number of hydrogen-bond donors (Lipinski definition) is 2. The molecule has 2 amide bonds. The molecule has 0 atom stereocenters. The largest absolute Gasteiger partial charge is 0.465 e. The fourth-order valence-corrected chi connectivity index (χ4v) is 2.27. The molecule has 2 rings (SSSR count). The van der Waals surface area contributed by atoms with Crippen LogP contribution in [0.15, 0.2) is 48.5 Å². The number of methoxy groups -OCH3 is 2. The number of carbonyl (C=O) groups excluding carboxylic acids is 4. The summed E-state index contributed by atoms with van der Waals surface area (Å²) in [6.45, 7) is 0. The maximum Gasteiger partial charge on any atom is 0.339 e. The third-order valence-corrected chi connectivity index (χ3v) is 3.50. The Labute approximate surface area is 155 Å². The Morgan fingerprint density at radius 1 is 0.815 bits per heavy atom. The van der Waals surface area contributed by atoms with Crippen molar-refractivity contribution < 1.29 is 28.7 Å². The first kappa shape index (κ1) is 19.6. The summed E-state index contributed by atoms with van der Waals surface area (Å²) in [6, 6.07) is 12.4. The van der Waals surface area contributed by atoms with Gasteiger partial charge in [-0.05, 0) is 30.3 Å². The van der Waals surface area contributed by atoms with Gasteiger partial charge in [0.2, 0.25) is 11.8 Å². The van der Waals surface area contributed by atoms with Crippen molar-refractivity contribution in [1.29, 1.82) is 0 Å². The van der Waals surface area contributed by atoms with Crippen molar-refractivity contribution in [3.8, 4) is 0 Å². The van der Waals surface area contributed by atoms with Gasteiger partial charge >= 0.3 is 11.9 Å². The van der Waals surface area contributed by atoms with Crippen LogP contribution >= 0.6 is 0 Å². The van der Waals surface area contributed by atoms with Gasteiger partial charge in [0.15, 0.2) is 0 Å². The molecule has 0 aromatic heterocycles. The predicted molar refractivity (Wildman–Crippen MR) is 97.4 cm³/mol. The molecular formula is C19H18N2O6. The number of para-hydroxylation sites is 1. The van der Waals surface area contributed by atoms with Gasteiger partial charge in [0, 0.05) is 5.69 Å². The zero-order chi connectivity index (χ0) is 19.8. The maximum absolute atomic E-state index is 12.1. The molecule has 0 bridgehead atoms. The van der Waals surface area contributed by atoms with Crippen LogP contribution in [0.4, 0.5) is 11.4 Å². The minimum atomic E-state index is -0.604. The minimum absolute atomic E-state index is 0.180. The number of nitrogens with one attached hydrogen (secondary N) is 2. The smallest absolute Gasteiger partial charge is 0.339 e.